The summed E-state index contributed by atoms with van der Waals surface area (Å²) in [6.07, 6.45) is 0.964. The smallest absolute Gasteiger partial charge is 0.134 e. The van der Waals surface area contributed by atoms with E-state index in [4.69, 9.17) is 16.7 Å². The molecule has 0 saturated heterocycles. The molecule has 2 N–H and O–H groups in total. The summed E-state index contributed by atoms with van der Waals surface area (Å²) >= 11 is 5.61. The highest BCUT2D eigenvalue weighted by Crippen LogP contribution is 2.07. The maximum Gasteiger partial charge on any atom is 0.134 e. The average Bonchev–Trinajstić information content (AvgIpc) is 2.01. The summed E-state index contributed by atoms with van der Waals surface area (Å²) in [6.45, 7) is 2.14. The fraction of sp³-hybridized carbons (Fsp3) is 0.429. The third-order valence-corrected chi connectivity index (χ3v) is 1.42. The Morgan fingerprint density at radius 3 is 3.00 bits per heavy atom. The lowest BCUT2D eigenvalue weighted by molar-refractivity contribution is 0.208. The van der Waals surface area contributed by atoms with Crippen molar-refractivity contribution in [3.8, 4) is 0 Å². The number of hydrogen-bond donors (Lipinski definition) is 2. The van der Waals surface area contributed by atoms with Crippen LogP contribution < -0.4 is 5.32 Å². The fourth-order valence-electron chi connectivity index (χ4n) is 0.683. The summed E-state index contributed by atoms with van der Waals surface area (Å²) in [5.41, 5.74) is 0. The monoisotopic (exact) mass is 187 g/mol. The molecule has 0 aliphatic rings. The Balaban J connectivity index is 2.52. The largest absolute Gasteiger partial charge is 0.392 e. The van der Waals surface area contributed by atoms with Crippen molar-refractivity contribution in [2.45, 2.75) is 13.0 Å². The molecule has 0 aliphatic carbocycles. The number of aliphatic hydroxyl groups is 1. The molecule has 1 rings (SSSR count). The highest BCUT2D eigenvalue weighted by Gasteiger charge is 1.97. The molecule has 0 amide bonds. The predicted molar refractivity (Wildman–Crippen MR) is 47.2 cm³/mol. The van der Waals surface area contributed by atoms with Gasteiger partial charge in [-0.05, 0) is 6.92 Å². The van der Waals surface area contributed by atoms with Crippen LogP contribution in [0.4, 0.5) is 5.82 Å². The van der Waals surface area contributed by atoms with Gasteiger partial charge in [0.1, 0.15) is 17.3 Å². The minimum Gasteiger partial charge on any atom is -0.392 e. The number of hydrogen-bond acceptors (Lipinski definition) is 4. The van der Waals surface area contributed by atoms with E-state index >= 15 is 0 Å². The second-order valence-corrected chi connectivity index (χ2v) is 2.84. The van der Waals surface area contributed by atoms with Gasteiger partial charge in [0.15, 0.2) is 0 Å². The van der Waals surface area contributed by atoms with Crippen molar-refractivity contribution in [3.63, 3.8) is 0 Å². The Kier molecular flexibility index (Phi) is 3.25. The van der Waals surface area contributed by atoms with Crippen LogP contribution in [0.25, 0.3) is 0 Å². The number of halogens is 1. The van der Waals surface area contributed by atoms with Gasteiger partial charge in [-0.15, -0.1) is 0 Å². The SMILES string of the molecule is C[C@H](O)CNc1cc(Cl)ncn1. The van der Waals surface area contributed by atoms with Gasteiger partial charge in [0.25, 0.3) is 0 Å². The van der Waals surface area contributed by atoms with Crippen LogP contribution in [-0.2, 0) is 0 Å². The number of aliphatic hydroxyl groups excluding tert-OH is 1. The van der Waals surface area contributed by atoms with Crippen LogP contribution in [0.2, 0.25) is 5.15 Å². The normalized spacial score (nSPS) is 12.6. The molecule has 0 aliphatic heterocycles. The van der Waals surface area contributed by atoms with E-state index in [1.165, 1.54) is 6.33 Å². The van der Waals surface area contributed by atoms with Crippen LogP contribution in [0, 0.1) is 0 Å². The lowest BCUT2D eigenvalue weighted by atomic mass is 10.4. The van der Waals surface area contributed by atoms with Crippen molar-refractivity contribution < 1.29 is 5.11 Å². The second-order valence-electron chi connectivity index (χ2n) is 2.46. The maximum absolute atomic E-state index is 8.94. The molecule has 5 heteroatoms. The van der Waals surface area contributed by atoms with Crippen molar-refractivity contribution in [2.24, 2.45) is 0 Å². The quantitative estimate of drug-likeness (QED) is 0.691. The lowest BCUT2D eigenvalue weighted by Gasteiger charge is -2.06. The van der Waals surface area contributed by atoms with Gasteiger partial charge >= 0.3 is 0 Å². The number of nitrogens with one attached hydrogen (secondary N) is 1. The highest BCUT2D eigenvalue weighted by atomic mass is 35.5. The zero-order valence-corrected chi connectivity index (χ0v) is 7.41. The summed E-state index contributed by atoms with van der Waals surface area (Å²) in [6, 6.07) is 1.60. The molecule has 0 unspecified atom stereocenters. The molecule has 12 heavy (non-hydrogen) atoms. The van der Waals surface area contributed by atoms with Gasteiger partial charge in [-0.3, -0.25) is 0 Å². The summed E-state index contributed by atoms with van der Waals surface area (Å²) < 4.78 is 0. The van der Waals surface area contributed by atoms with E-state index in [1.807, 2.05) is 0 Å². The van der Waals surface area contributed by atoms with Gasteiger partial charge in [0.2, 0.25) is 0 Å². The van der Waals surface area contributed by atoms with Gasteiger partial charge in [0.05, 0.1) is 6.10 Å². The molecule has 0 fully saturated rings. The molecule has 1 heterocycles. The van der Waals surface area contributed by atoms with Crippen molar-refractivity contribution in [1.82, 2.24) is 9.97 Å². The zero-order chi connectivity index (χ0) is 8.97. The first kappa shape index (κ1) is 9.22. The van der Waals surface area contributed by atoms with Gasteiger partial charge in [0, 0.05) is 12.6 Å². The van der Waals surface area contributed by atoms with Gasteiger partial charge in [-0.25, -0.2) is 9.97 Å². The number of anilines is 1. The first-order valence-corrected chi connectivity index (χ1v) is 3.96. The van der Waals surface area contributed by atoms with Crippen molar-refractivity contribution >= 4 is 17.4 Å². The van der Waals surface area contributed by atoms with Crippen molar-refractivity contribution in [3.05, 3.63) is 17.5 Å². The fourth-order valence-corrected chi connectivity index (χ4v) is 0.830. The van der Waals surface area contributed by atoms with Crippen LogP contribution in [0.3, 0.4) is 0 Å². The molecule has 0 spiro atoms. The summed E-state index contributed by atoms with van der Waals surface area (Å²) in [7, 11) is 0. The Labute approximate surface area is 75.6 Å². The van der Waals surface area contributed by atoms with Crippen LogP contribution >= 0.6 is 11.6 Å². The van der Waals surface area contributed by atoms with E-state index in [-0.39, 0.29) is 0 Å². The van der Waals surface area contributed by atoms with Crippen molar-refractivity contribution in [1.29, 1.82) is 0 Å². The van der Waals surface area contributed by atoms with Crippen LogP contribution in [0.15, 0.2) is 12.4 Å². The predicted octanol–water partition coefficient (Wildman–Crippen LogP) is 0.923. The topological polar surface area (TPSA) is 58.0 Å². The summed E-state index contributed by atoms with van der Waals surface area (Å²) in [4.78, 5) is 7.61. The zero-order valence-electron chi connectivity index (χ0n) is 6.66. The Morgan fingerprint density at radius 1 is 1.67 bits per heavy atom. The number of rotatable bonds is 3. The van der Waals surface area contributed by atoms with Gasteiger partial charge in [-0.1, -0.05) is 11.6 Å². The standard InChI is InChI=1S/C7H10ClN3O/c1-5(12)3-9-7-2-6(8)10-4-11-7/h2,4-5,12H,3H2,1H3,(H,9,10,11)/t5-/m0/s1. The first-order valence-electron chi connectivity index (χ1n) is 3.58. The molecule has 1 aromatic rings. The van der Waals surface area contributed by atoms with E-state index in [0.29, 0.717) is 17.5 Å². The van der Waals surface area contributed by atoms with E-state index in [1.54, 1.807) is 13.0 Å². The Hall–Kier alpha value is -0.870. The van der Waals surface area contributed by atoms with E-state index < -0.39 is 6.10 Å². The van der Waals surface area contributed by atoms with E-state index in [9.17, 15) is 0 Å². The first-order chi connectivity index (χ1) is 5.68. The maximum atomic E-state index is 8.94. The molecule has 66 valence electrons. The molecule has 1 aromatic heterocycles. The summed E-state index contributed by atoms with van der Waals surface area (Å²) in [5, 5.41) is 12.2. The molecular formula is C7H10ClN3O. The molecule has 4 nitrogen and oxygen atoms in total. The highest BCUT2D eigenvalue weighted by molar-refractivity contribution is 6.29. The Bertz CT molecular complexity index is 254. The summed E-state index contributed by atoms with van der Waals surface area (Å²) in [5.74, 6) is 0.621. The number of aromatic nitrogens is 2. The average molecular weight is 188 g/mol. The molecule has 0 saturated carbocycles. The minimum absolute atomic E-state index is 0.387. The van der Waals surface area contributed by atoms with Crippen LogP contribution in [0.1, 0.15) is 6.92 Å². The van der Waals surface area contributed by atoms with Gasteiger partial charge in [-0.2, -0.15) is 0 Å². The molecule has 0 radical (unpaired) electrons. The van der Waals surface area contributed by atoms with Crippen LogP contribution in [-0.4, -0.2) is 27.7 Å². The third kappa shape index (κ3) is 3.02. The number of nitrogens with zero attached hydrogens (tertiary/aromatic N) is 2. The third-order valence-electron chi connectivity index (χ3n) is 1.21. The molecule has 0 aromatic carbocycles. The minimum atomic E-state index is -0.404. The van der Waals surface area contributed by atoms with Crippen LogP contribution in [0.5, 0.6) is 0 Å². The van der Waals surface area contributed by atoms with Crippen molar-refractivity contribution in [2.75, 3.05) is 11.9 Å². The lowest BCUT2D eigenvalue weighted by Crippen LogP contribution is -2.15. The molecule has 0 bridgehead atoms. The van der Waals surface area contributed by atoms with E-state index in [2.05, 4.69) is 15.3 Å². The van der Waals surface area contributed by atoms with E-state index in [0.717, 1.165) is 0 Å². The Morgan fingerprint density at radius 2 is 2.42 bits per heavy atom. The molecule has 1 atom stereocenters. The molecular weight excluding hydrogens is 178 g/mol. The second kappa shape index (κ2) is 4.23. The van der Waals surface area contributed by atoms with Gasteiger partial charge < -0.3 is 10.4 Å².